The molecule has 1 amide bonds. The van der Waals surface area contributed by atoms with E-state index < -0.39 is 12.3 Å². The average molecular weight is 634 g/mol. The molecule has 13 heteroatoms. The Morgan fingerprint density at radius 3 is 2.31 bits per heavy atom. The Balaban J connectivity index is 1.29. The van der Waals surface area contributed by atoms with E-state index in [2.05, 4.69) is 27.8 Å². The molecule has 45 heavy (non-hydrogen) atoms. The molecule has 4 aromatic rings. The minimum absolute atomic E-state index is 0.0380. The second kappa shape index (κ2) is 15.1. The summed E-state index contributed by atoms with van der Waals surface area (Å²) in [6, 6.07) is 22.0. The summed E-state index contributed by atoms with van der Waals surface area (Å²) in [6.45, 7) is 2.36. The highest BCUT2D eigenvalue weighted by Crippen LogP contribution is 2.43. The zero-order chi connectivity index (χ0) is 31.8. The van der Waals surface area contributed by atoms with E-state index in [9.17, 15) is 19.8 Å². The van der Waals surface area contributed by atoms with Crippen molar-refractivity contribution >= 4 is 23.6 Å². The fraction of sp³-hybridized carbons (Fsp3) is 0.344. The number of aliphatic carboxylic acids is 1. The third kappa shape index (κ3) is 8.45. The predicted molar refractivity (Wildman–Crippen MR) is 164 cm³/mol. The first-order valence-electron chi connectivity index (χ1n) is 14.6. The number of carboxylic acids is 1. The standard InChI is InChI=1S/C32H35N5O7S/c1-20-27(19-45-32-34-35-36-37(32)25-13-15-26(39)16-14-25)43-31(44-30(20)23-9-7-22(18-38)8-10-23)24-11-5-21(6-12-24)17-33-28(40)3-2-4-29(41)42/h5-16,20,27,30-31,38-39H,2-4,17-19H2,1H3,(H,33,40)(H,41,42). The lowest BCUT2D eigenvalue weighted by Gasteiger charge is -2.41. The zero-order valence-corrected chi connectivity index (χ0v) is 25.5. The SMILES string of the molecule is CC1C(CSc2nnnn2-c2ccc(O)cc2)OC(c2ccc(CNC(=O)CCCC(=O)O)cc2)OC1c1ccc(CO)cc1. The van der Waals surface area contributed by atoms with Gasteiger partial charge in [0.1, 0.15) is 5.75 Å². The Kier molecular flexibility index (Phi) is 10.8. The maximum absolute atomic E-state index is 12.1. The van der Waals surface area contributed by atoms with E-state index in [1.54, 1.807) is 28.9 Å². The summed E-state index contributed by atoms with van der Waals surface area (Å²) in [4.78, 5) is 22.7. The molecule has 1 fully saturated rings. The molecule has 3 aromatic carbocycles. The lowest BCUT2D eigenvalue weighted by atomic mass is 9.91. The number of ether oxygens (including phenoxy) is 2. The molecule has 12 nitrogen and oxygen atoms in total. The highest BCUT2D eigenvalue weighted by Gasteiger charge is 2.38. The van der Waals surface area contributed by atoms with Crippen LogP contribution in [0.1, 0.15) is 60.8 Å². The highest BCUT2D eigenvalue weighted by atomic mass is 32.2. The molecule has 0 saturated carbocycles. The van der Waals surface area contributed by atoms with Crippen molar-refractivity contribution < 1.29 is 34.4 Å². The topological polar surface area (TPSA) is 169 Å². The van der Waals surface area contributed by atoms with Gasteiger partial charge in [0, 0.05) is 36.6 Å². The molecule has 4 atom stereocenters. The van der Waals surface area contributed by atoms with E-state index >= 15 is 0 Å². The number of benzene rings is 3. The Morgan fingerprint density at radius 1 is 0.933 bits per heavy atom. The predicted octanol–water partition coefficient (Wildman–Crippen LogP) is 4.32. The zero-order valence-electron chi connectivity index (χ0n) is 24.7. The van der Waals surface area contributed by atoms with E-state index in [0.717, 1.165) is 27.9 Å². The number of carboxylic acid groups (broad SMARTS) is 1. The van der Waals surface area contributed by atoms with Gasteiger partial charge in [-0.3, -0.25) is 9.59 Å². The summed E-state index contributed by atoms with van der Waals surface area (Å²) in [6.07, 6.45) is -0.783. The minimum atomic E-state index is -0.917. The summed E-state index contributed by atoms with van der Waals surface area (Å²) in [5.74, 6) is -0.459. The number of thioether (sulfide) groups is 1. The van der Waals surface area contributed by atoms with Crippen molar-refractivity contribution in [2.75, 3.05) is 5.75 Å². The van der Waals surface area contributed by atoms with Crippen LogP contribution in [0, 0.1) is 5.92 Å². The van der Waals surface area contributed by atoms with Crippen LogP contribution in [0.5, 0.6) is 5.75 Å². The van der Waals surface area contributed by atoms with Gasteiger partial charge in [-0.2, -0.15) is 4.68 Å². The number of nitrogens with zero attached hydrogens (tertiary/aromatic N) is 4. The number of aromatic hydroxyl groups is 1. The fourth-order valence-corrected chi connectivity index (χ4v) is 6.03. The maximum atomic E-state index is 12.1. The molecular formula is C32H35N5O7S. The molecule has 0 bridgehead atoms. The molecule has 1 aliphatic rings. The van der Waals surface area contributed by atoms with E-state index in [4.69, 9.17) is 14.6 Å². The van der Waals surface area contributed by atoms with E-state index in [1.807, 2.05) is 48.5 Å². The van der Waals surface area contributed by atoms with Crippen LogP contribution in [-0.2, 0) is 32.2 Å². The molecule has 4 N–H and O–H groups in total. The number of aliphatic hydroxyl groups excluding tert-OH is 1. The number of amides is 1. The van der Waals surface area contributed by atoms with Gasteiger partial charge in [-0.1, -0.05) is 67.2 Å². The van der Waals surface area contributed by atoms with Crippen molar-refractivity contribution in [3.63, 3.8) is 0 Å². The lowest BCUT2D eigenvalue weighted by molar-refractivity contribution is -0.268. The molecule has 5 rings (SSSR count). The van der Waals surface area contributed by atoms with Crippen LogP contribution in [0.25, 0.3) is 5.69 Å². The van der Waals surface area contributed by atoms with Crippen molar-refractivity contribution in [1.82, 2.24) is 25.5 Å². The van der Waals surface area contributed by atoms with Crippen molar-refractivity contribution in [2.24, 2.45) is 5.92 Å². The summed E-state index contributed by atoms with van der Waals surface area (Å²) >= 11 is 1.46. The Bertz CT molecular complexity index is 1560. The Morgan fingerprint density at radius 2 is 1.62 bits per heavy atom. The lowest BCUT2D eigenvalue weighted by Crippen LogP contribution is -2.38. The van der Waals surface area contributed by atoms with Crippen LogP contribution < -0.4 is 5.32 Å². The van der Waals surface area contributed by atoms with Crippen molar-refractivity contribution in [1.29, 1.82) is 0 Å². The van der Waals surface area contributed by atoms with Gasteiger partial charge in [0.15, 0.2) is 6.29 Å². The van der Waals surface area contributed by atoms with Gasteiger partial charge in [-0.25, -0.2) is 0 Å². The highest BCUT2D eigenvalue weighted by molar-refractivity contribution is 7.99. The molecule has 0 spiro atoms. The van der Waals surface area contributed by atoms with Gasteiger partial charge in [0.25, 0.3) is 0 Å². The van der Waals surface area contributed by atoms with Gasteiger partial charge >= 0.3 is 5.97 Å². The third-order valence-corrected chi connectivity index (χ3v) is 8.58. The van der Waals surface area contributed by atoms with Crippen LogP contribution >= 0.6 is 11.8 Å². The van der Waals surface area contributed by atoms with Gasteiger partial charge < -0.3 is 30.1 Å². The second-order valence-corrected chi connectivity index (χ2v) is 11.8. The molecule has 2 heterocycles. The smallest absolute Gasteiger partial charge is 0.303 e. The normalized spacial score (nSPS) is 19.7. The number of nitrogens with one attached hydrogen (secondary N) is 1. The van der Waals surface area contributed by atoms with Crippen molar-refractivity contribution in [2.45, 2.75) is 63.0 Å². The third-order valence-electron chi connectivity index (χ3n) is 7.57. The largest absolute Gasteiger partial charge is 0.508 e. The van der Waals surface area contributed by atoms with Gasteiger partial charge in [0.05, 0.1) is 24.5 Å². The Hall–Kier alpha value is -4.30. The second-order valence-electron chi connectivity index (χ2n) is 10.8. The molecule has 236 valence electrons. The van der Waals surface area contributed by atoms with E-state index in [-0.39, 0.29) is 49.2 Å². The van der Waals surface area contributed by atoms with Crippen LogP contribution in [0.2, 0.25) is 0 Å². The fourth-order valence-electron chi connectivity index (χ4n) is 4.97. The molecule has 0 radical (unpaired) electrons. The number of phenolic OH excluding ortho intramolecular Hbond substituents is 1. The maximum Gasteiger partial charge on any atom is 0.303 e. The minimum Gasteiger partial charge on any atom is -0.508 e. The Labute approximate surface area is 264 Å². The summed E-state index contributed by atoms with van der Waals surface area (Å²) in [7, 11) is 0. The molecule has 1 saturated heterocycles. The molecule has 1 aromatic heterocycles. The molecular weight excluding hydrogens is 598 g/mol. The number of aliphatic hydroxyl groups is 1. The number of phenols is 1. The number of hydrogen-bond acceptors (Lipinski definition) is 10. The number of rotatable bonds is 13. The first-order chi connectivity index (χ1) is 21.8. The van der Waals surface area contributed by atoms with Crippen LogP contribution in [0.15, 0.2) is 78.0 Å². The first kappa shape index (κ1) is 32.1. The van der Waals surface area contributed by atoms with Crippen LogP contribution in [0.3, 0.4) is 0 Å². The van der Waals surface area contributed by atoms with Crippen molar-refractivity contribution in [3.8, 4) is 11.4 Å². The summed E-state index contributed by atoms with van der Waals surface area (Å²) in [5.41, 5.74) is 4.21. The van der Waals surface area contributed by atoms with Crippen LogP contribution in [0.4, 0.5) is 0 Å². The number of hydrogen-bond donors (Lipinski definition) is 4. The number of carbonyl (C=O) groups excluding carboxylic acids is 1. The summed E-state index contributed by atoms with van der Waals surface area (Å²) < 4.78 is 14.7. The number of aromatic nitrogens is 4. The molecule has 0 aliphatic carbocycles. The average Bonchev–Trinajstić information content (AvgIpc) is 3.52. The van der Waals surface area contributed by atoms with E-state index in [1.165, 1.54) is 11.8 Å². The van der Waals surface area contributed by atoms with Crippen LogP contribution in [-0.4, -0.2) is 59.3 Å². The monoisotopic (exact) mass is 633 g/mol. The van der Waals surface area contributed by atoms with Gasteiger partial charge in [0.2, 0.25) is 11.1 Å². The molecule has 4 unspecified atom stereocenters. The number of tetrazole rings is 1. The quantitative estimate of drug-likeness (QED) is 0.155. The van der Waals surface area contributed by atoms with E-state index in [0.29, 0.717) is 23.9 Å². The first-order valence-corrected chi connectivity index (χ1v) is 15.6. The van der Waals surface area contributed by atoms with Gasteiger partial charge in [-0.05, 0) is 57.8 Å². The van der Waals surface area contributed by atoms with Gasteiger partial charge in [-0.15, -0.1) is 5.10 Å². The van der Waals surface area contributed by atoms with Crippen molar-refractivity contribution in [3.05, 3.63) is 95.1 Å². The number of carbonyl (C=O) groups is 2. The molecule has 1 aliphatic heterocycles. The summed E-state index contributed by atoms with van der Waals surface area (Å²) in [5, 5.41) is 43.5.